The van der Waals surface area contributed by atoms with Crippen molar-refractivity contribution in [2.24, 2.45) is 16.9 Å². The van der Waals surface area contributed by atoms with Gasteiger partial charge in [-0.1, -0.05) is 45.0 Å². The number of nitrogens with zero attached hydrogens (tertiary/aromatic N) is 2. The number of rotatable bonds is 11. The fourth-order valence-corrected chi connectivity index (χ4v) is 3.42. The smallest absolute Gasteiger partial charge is 0.427 e. The zero-order chi connectivity index (χ0) is 25.1. The van der Waals surface area contributed by atoms with Gasteiger partial charge in [-0.15, -0.1) is 0 Å². The van der Waals surface area contributed by atoms with Gasteiger partial charge in [0, 0.05) is 31.0 Å². The van der Waals surface area contributed by atoms with Gasteiger partial charge in [0.15, 0.2) is 5.78 Å². The third-order valence-electron chi connectivity index (χ3n) is 5.26. The molecule has 0 spiro atoms. The summed E-state index contributed by atoms with van der Waals surface area (Å²) < 4.78 is 10.2. The molecule has 0 aromatic heterocycles. The fraction of sp³-hybridized carbons (Fsp3) is 0.542. The summed E-state index contributed by atoms with van der Waals surface area (Å²) in [6.45, 7) is 6.52. The van der Waals surface area contributed by atoms with Crippen LogP contribution in [0, 0.1) is 11.8 Å². The lowest BCUT2D eigenvalue weighted by molar-refractivity contribution is -0.147. The molecule has 1 fully saturated rings. The summed E-state index contributed by atoms with van der Waals surface area (Å²) in [6.07, 6.45) is 1.89. The second kappa shape index (κ2) is 13.4. The second-order valence-electron chi connectivity index (χ2n) is 8.74. The first-order valence-electron chi connectivity index (χ1n) is 11.4. The van der Waals surface area contributed by atoms with Gasteiger partial charge < -0.3 is 19.5 Å². The van der Waals surface area contributed by atoms with Gasteiger partial charge in [-0.05, 0) is 24.3 Å². The molecule has 10 heteroatoms. The Balaban J connectivity index is 1.78. The number of hydrogen-bond donors (Lipinski definition) is 2. The summed E-state index contributed by atoms with van der Waals surface area (Å²) in [5.74, 6) is -1.48. The molecule has 34 heavy (non-hydrogen) atoms. The Morgan fingerprint density at radius 1 is 1.15 bits per heavy atom. The highest BCUT2D eigenvalue weighted by Crippen LogP contribution is 2.19. The van der Waals surface area contributed by atoms with Gasteiger partial charge in [-0.2, -0.15) is 5.10 Å². The van der Waals surface area contributed by atoms with Crippen molar-refractivity contribution in [3.63, 3.8) is 0 Å². The predicted molar refractivity (Wildman–Crippen MR) is 125 cm³/mol. The van der Waals surface area contributed by atoms with Gasteiger partial charge in [0.1, 0.15) is 6.61 Å². The molecule has 2 rings (SSSR count). The van der Waals surface area contributed by atoms with Crippen LogP contribution in [0.3, 0.4) is 0 Å². The van der Waals surface area contributed by atoms with Gasteiger partial charge in [-0.25, -0.2) is 15.0 Å². The topological polar surface area (TPSA) is 135 Å². The Morgan fingerprint density at radius 3 is 2.38 bits per heavy atom. The van der Waals surface area contributed by atoms with E-state index in [0.29, 0.717) is 43.7 Å². The highest BCUT2D eigenvalue weighted by Gasteiger charge is 2.28. The number of benzene rings is 1. The molecule has 1 aliphatic heterocycles. The Kier molecular flexibility index (Phi) is 10.7. The monoisotopic (exact) mass is 475 g/mol. The minimum absolute atomic E-state index is 0.0883. The first kappa shape index (κ1) is 27.0. The van der Waals surface area contributed by atoms with Crippen molar-refractivity contribution in [2.75, 3.05) is 26.3 Å². The van der Waals surface area contributed by atoms with Gasteiger partial charge in [0.25, 0.3) is 0 Å². The van der Waals surface area contributed by atoms with Gasteiger partial charge in [0.2, 0.25) is 5.91 Å². The van der Waals surface area contributed by atoms with Crippen molar-refractivity contribution < 1.29 is 33.8 Å². The molecule has 0 bridgehead atoms. The van der Waals surface area contributed by atoms with Crippen LogP contribution < -0.4 is 5.43 Å². The molecule has 2 N–H and O–H groups in total. The van der Waals surface area contributed by atoms with Crippen LogP contribution in [0.15, 0.2) is 29.4 Å². The molecule has 0 saturated carbocycles. The molecule has 1 aromatic carbocycles. The summed E-state index contributed by atoms with van der Waals surface area (Å²) >= 11 is 0. The summed E-state index contributed by atoms with van der Waals surface area (Å²) in [7, 11) is 0. The number of ether oxygens (including phenoxy) is 2. The number of Topliss-reactive ketones (excluding diaryl/α,β-unsaturated/α-hetero) is 1. The number of carboxylic acid groups (broad SMARTS) is 1. The lowest BCUT2D eigenvalue weighted by Gasteiger charge is -2.33. The SMILES string of the molecule is CC(C)COC(=O)NN=Cc1ccc(C(=O)CC(C)C(=O)N2CCC(OCC(=O)O)CC2)cc1. The molecule has 1 aromatic rings. The van der Waals surface area contributed by atoms with E-state index in [2.05, 4.69) is 10.5 Å². The van der Waals surface area contributed by atoms with E-state index >= 15 is 0 Å². The lowest BCUT2D eigenvalue weighted by Crippen LogP contribution is -2.43. The first-order valence-corrected chi connectivity index (χ1v) is 11.4. The van der Waals surface area contributed by atoms with Crippen LogP contribution in [0.2, 0.25) is 0 Å². The number of hydrogen-bond acceptors (Lipinski definition) is 7. The Labute approximate surface area is 199 Å². The van der Waals surface area contributed by atoms with E-state index < -0.39 is 18.0 Å². The van der Waals surface area contributed by atoms with E-state index in [1.807, 2.05) is 13.8 Å². The molecule has 2 amide bonds. The number of nitrogens with one attached hydrogen (secondary N) is 1. The number of carbonyl (C=O) groups is 4. The summed E-state index contributed by atoms with van der Waals surface area (Å²) in [5.41, 5.74) is 3.45. The Bertz CT molecular complexity index is 875. The lowest BCUT2D eigenvalue weighted by atomic mass is 9.97. The van der Waals surface area contributed by atoms with Crippen molar-refractivity contribution in [1.29, 1.82) is 0 Å². The van der Waals surface area contributed by atoms with Crippen molar-refractivity contribution in [3.8, 4) is 0 Å². The quantitative estimate of drug-likeness (QED) is 0.285. The third-order valence-corrected chi connectivity index (χ3v) is 5.26. The van der Waals surface area contributed by atoms with E-state index in [4.69, 9.17) is 14.6 Å². The second-order valence-corrected chi connectivity index (χ2v) is 8.74. The third kappa shape index (κ3) is 9.30. The molecule has 1 saturated heterocycles. The molecule has 0 radical (unpaired) electrons. The molecular formula is C24H33N3O7. The van der Waals surface area contributed by atoms with Crippen LogP contribution in [-0.2, 0) is 19.1 Å². The van der Waals surface area contributed by atoms with Crippen LogP contribution in [-0.4, -0.2) is 72.4 Å². The molecule has 10 nitrogen and oxygen atoms in total. The highest BCUT2D eigenvalue weighted by molar-refractivity contribution is 5.99. The molecule has 1 aliphatic rings. The number of likely N-dealkylation sites (tertiary alicyclic amines) is 1. The van der Waals surface area contributed by atoms with E-state index in [1.165, 1.54) is 6.21 Å². The van der Waals surface area contributed by atoms with Crippen LogP contribution in [0.5, 0.6) is 0 Å². The number of piperidine rings is 1. The van der Waals surface area contributed by atoms with Gasteiger partial charge in [-0.3, -0.25) is 9.59 Å². The van der Waals surface area contributed by atoms with E-state index in [0.717, 1.165) is 0 Å². The normalized spacial score (nSPS) is 15.4. The maximum absolute atomic E-state index is 12.7. The standard InChI is InChI=1S/C24H33N3O7/c1-16(2)14-34-24(32)26-25-13-18-4-6-19(7-5-18)21(28)12-17(3)23(31)27-10-8-20(9-11-27)33-15-22(29)30/h4-7,13,16-17,20H,8-12,14-15H2,1-3H3,(H,26,32)(H,29,30). The zero-order valence-corrected chi connectivity index (χ0v) is 19.9. The Morgan fingerprint density at radius 2 is 1.79 bits per heavy atom. The maximum atomic E-state index is 12.7. The Hall–Kier alpha value is -3.27. The number of aliphatic carboxylic acids is 1. The van der Waals surface area contributed by atoms with Gasteiger partial charge >= 0.3 is 12.1 Å². The van der Waals surface area contributed by atoms with E-state index in [1.54, 1.807) is 36.1 Å². The predicted octanol–water partition coefficient (Wildman–Crippen LogP) is 2.70. The molecular weight excluding hydrogens is 442 g/mol. The average Bonchev–Trinajstić information content (AvgIpc) is 2.81. The van der Waals surface area contributed by atoms with Crippen molar-refractivity contribution >= 4 is 30.0 Å². The van der Waals surface area contributed by atoms with E-state index in [9.17, 15) is 19.2 Å². The molecule has 1 heterocycles. The maximum Gasteiger partial charge on any atom is 0.427 e. The summed E-state index contributed by atoms with van der Waals surface area (Å²) in [6, 6.07) is 6.71. The van der Waals surface area contributed by atoms with Crippen LogP contribution >= 0.6 is 0 Å². The van der Waals surface area contributed by atoms with Crippen LogP contribution in [0.25, 0.3) is 0 Å². The summed E-state index contributed by atoms with van der Waals surface area (Å²) in [4.78, 5) is 49.1. The highest BCUT2D eigenvalue weighted by atomic mass is 16.6. The molecule has 1 atom stereocenters. The number of carbonyl (C=O) groups excluding carboxylic acids is 3. The fourth-order valence-electron chi connectivity index (χ4n) is 3.42. The number of carboxylic acids is 1. The largest absolute Gasteiger partial charge is 0.480 e. The molecule has 1 unspecified atom stereocenters. The average molecular weight is 476 g/mol. The number of amides is 2. The van der Waals surface area contributed by atoms with Crippen LogP contribution in [0.4, 0.5) is 4.79 Å². The number of ketones is 1. The van der Waals surface area contributed by atoms with Gasteiger partial charge in [0.05, 0.1) is 18.9 Å². The first-order chi connectivity index (χ1) is 16.2. The minimum Gasteiger partial charge on any atom is -0.480 e. The van der Waals surface area contributed by atoms with Crippen molar-refractivity contribution in [3.05, 3.63) is 35.4 Å². The van der Waals surface area contributed by atoms with E-state index in [-0.39, 0.29) is 36.7 Å². The number of hydrazone groups is 1. The summed E-state index contributed by atoms with van der Waals surface area (Å²) in [5, 5.41) is 12.5. The van der Waals surface area contributed by atoms with Crippen molar-refractivity contribution in [2.45, 2.75) is 46.1 Å². The van der Waals surface area contributed by atoms with Crippen molar-refractivity contribution in [1.82, 2.24) is 10.3 Å². The zero-order valence-electron chi connectivity index (χ0n) is 19.9. The minimum atomic E-state index is -1.01. The molecule has 186 valence electrons. The van der Waals surface area contributed by atoms with Crippen LogP contribution in [0.1, 0.15) is 56.0 Å². The molecule has 0 aliphatic carbocycles.